The van der Waals surface area contributed by atoms with Gasteiger partial charge in [-0.2, -0.15) is 13.2 Å². The van der Waals surface area contributed by atoms with Crippen LogP contribution in [0.25, 0.3) is 11.1 Å². The fourth-order valence-corrected chi connectivity index (χ4v) is 5.43. The van der Waals surface area contributed by atoms with Gasteiger partial charge < -0.3 is 9.84 Å². The summed E-state index contributed by atoms with van der Waals surface area (Å²) in [7, 11) is 0. The molecule has 1 aliphatic carbocycles. The first-order valence-corrected chi connectivity index (χ1v) is 12.1. The minimum absolute atomic E-state index is 0.101. The second-order valence-corrected chi connectivity index (χ2v) is 10.1. The molecule has 184 valence electrons. The molecule has 1 atom stereocenters. The third kappa shape index (κ3) is 4.44. The number of fused-ring (bicyclic) bond motifs is 1. The Bertz CT molecular complexity index is 1220. The molecule has 1 aliphatic heterocycles. The van der Waals surface area contributed by atoms with Gasteiger partial charge in [-0.25, -0.2) is 4.39 Å². The van der Waals surface area contributed by atoms with Crippen LogP contribution in [0.15, 0.2) is 54.6 Å². The van der Waals surface area contributed by atoms with Crippen molar-refractivity contribution in [2.45, 2.75) is 69.8 Å². The van der Waals surface area contributed by atoms with Crippen LogP contribution in [0.4, 0.5) is 17.6 Å². The molecule has 5 rings (SSSR count). The standard InChI is InChI=1S/C29H28F4O2/c1-17(2)22-15-25-27(24(34)16-28(35-25)12-3-13-28)26(19-6-10-21(30)11-7-19)23(22)14-18-4-8-20(9-5-18)29(31,32)33/h4-11,15,17,24,34H,3,12-14,16H2,1-2H3/t24-/m0/s1. The van der Waals surface area contributed by atoms with E-state index in [2.05, 4.69) is 13.8 Å². The molecule has 2 nitrogen and oxygen atoms in total. The summed E-state index contributed by atoms with van der Waals surface area (Å²) in [4.78, 5) is 0. The van der Waals surface area contributed by atoms with E-state index in [1.54, 1.807) is 12.1 Å². The molecule has 2 aliphatic rings. The van der Waals surface area contributed by atoms with Crippen LogP contribution in [0.1, 0.15) is 79.4 Å². The van der Waals surface area contributed by atoms with Gasteiger partial charge in [0.1, 0.15) is 17.2 Å². The highest BCUT2D eigenvalue weighted by Gasteiger charge is 2.46. The van der Waals surface area contributed by atoms with E-state index >= 15 is 0 Å². The van der Waals surface area contributed by atoms with E-state index in [9.17, 15) is 22.7 Å². The van der Waals surface area contributed by atoms with Crippen LogP contribution in [0, 0.1) is 5.82 Å². The Kier molecular flexibility index (Phi) is 5.91. The van der Waals surface area contributed by atoms with Gasteiger partial charge in [-0.05, 0) is 89.8 Å². The van der Waals surface area contributed by atoms with Crippen molar-refractivity contribution in [2.75, 3.05) is 0 Å². The summed E-state index contributed by atoms with van der Waals surface area (Å²) in [6.45, 7) is 4.12. The molecular formula is C29H28F4O2. The molecule has 0 bridgehead atoms. The van der Waals surface area contributed by atoms with Gasteiger partial charge in [0, 0.05) is 12.0 Å². The Labute approximate surface area is 202 Å². The SMILES string of the molecule is CC(C)c1cc2c(c(-c3ccc(F)cc3)c1Cc1ccc(C(F)(F)F)cc1)[C@@H](O)CC1(CCC1)O2. The average molecular weight is 485 g/mol. The summed E-state index contributed by atoms with van der Waals surface area (Å²) < 4.78 is 59.6. The lowest BCUT2D eigenvalue weighted by molar-refractivity contribution is -0.137. The second-order valence-electron chi connectivity index (χ2n) is 10.1. The van der Waals surface area contributed by atoms with Crippen molar-refractivity contribution < 1.29 is 27.4 Å². The molecule has 35 heavy (non-hydrogen) atoms. The lowest BCUT2D eigenvalue weighted by Crippen LogP contribution is -2.47. The average Bonchev–Trinajstić information content (AvgIpc) is 2.78. The monoisotopic (exact) mass is 484 g/mol. The zero-order valence-electron chi connectivity index (χ0n) is 19.8. The van der Waals surface area contributed by atoms with E-state index in [4.69, 9.17) is 4.74 Å². The summed E-state index contributed by atoms with van der Waals surface area (Å²) in [5.74, 6) is 0.392. The van der Waals surface area contributed by atoms with Gasteiger partial charge in [0.25, 0.3) is 0 Å². The number of aliphatic hydroxyl groups excluding tert-OH is 1. The number of hydrogen-bond donors (Lipinski definition) is 1. The van der Waals surface area contributed by atoms with Gasteiger partial charge in [0.15, 0.2) is 0 Å². The molecule has 1 heterocycles. The molecule has 3 aromatic carbocycles. The van der Waals surface area contributed by atoms with E-state index < -0.39 is 17.8 Å². The fourth-order valence-electron chi connectivity index (χ4n) is 5.43. The fraction of sp³-hybridized carbons (Fsp3) is 0.379. The van der Waals surface area contributed by atoms with E-state index in [-0.39, 0.29) is 17.3 Å². The normalized spacial score (nSPS) is 18.8. The van der Waals surface area contributed by atoms with Crippen LogP contribution in [0.2, 0.25) is 0 Å². The van der Waals surface area contributed by atoms with Crippen molar-refractivity contribution in [3.8, 4) is 16.9 Å². The number of alkyl halides is 3. The Hall–Kier alpha value is -2.86. The third-order valence-corrected chi connectivity index (χ3v) is 7.38. The lowest BCUT2D eigenvalue weighted by atomic mass is 9.71. The van der Waals surface area contributed by atoms with Gasteiger partial charge in [-0.3, -0.25) is 0 Å². The van der Waals surface area contributed by atoms with Crippen LogP contribution in [0.3, 0.4) is 0 Å². The molecule has 6 heteroatoms. The summed E-state index contributed by atoms with van der Waals surface area (Å²) in [5, 5.41) is 11.3. The maximum absolute atomic E-state index is 13.8. The largest absolute Gasteiger partial charge is 0.487 e. The molecule has 0 radical (unpaired) electrons. The third-order valence-electron chi connectivity index (χ3n) is 7.38. The van der Waals surface area contributed by atoms with Crippen molar-refractivity contribution in [3.05, 3.63) is 88.2 Å². The van der Waals surface area contributed by atoms with Gasteiger partial charge >= 0.3 is 6.18 Å². The van der Waals surface area contributed by atoms with Crippen LogP contribution in [0.5, 0.6) is 5.75 Å². The Morgan fingerprint density at radius 2 is 1.69 bits per heavy atom. The van der Waals surface area contributed by atoms with Gasteiger partial charge in [-0.1, -0.05) is 38.1 Å². The Balaban J connectivity index is 1.69. The van der Waals surface area contributed by atoms with Gasteiger partial charge in [0.2, 0.25) is 0 Å². The number of halogens is 4. The summed E-state index contributed by atoms with van der Waals surface area (Å²) in [6, 6.07) is 13.3. The topological polar surface area (TPSA) is 29.5 Å². The maximum Gasteiger partial charge on any atom is 0.416 e. The highest BCUT2D eigenvalue weighted by molar-refractivity contribution is 5.77. The zero-order valence-corrected chi connectivity index (χ0v) is 19.8. The molecule has 0 saturated heterocycles. The molecule has 1 fully saturated rings. The second kappa shape index (κ2) is 8.66. The van der Waals surface area contributed by atoms with E-state index in [1.807, 2.05) is 6.07 Å². The first-order valence-electron chi connectivity index (χ1n) is 12.1. The number of hydrogen-bond acceptors (Lipinski definition) is 2. The minimum Gasteiger partial charge on any atom is -0.487 e. The van der Waals surface area contributed by atoms with Crippen molar-refractivity contribution in [1.82, 2.24) is 0 Å². The van der Waals surface area contributed by atoms with Gasteiger partial charge in [-0.15, -0.1) is 0 Å². The van der Waals surface area contributed by atoms with Crippen LogP contribution in [-0.2, 0) is 12.6 Å². The first-order chi connectivity index (χ1) is 16.6. The summed E-state index contributed by atoms with van der Waals surface area (Å²) in [6.07, 6.45) is -1.40. The molecular weight excluding hydrogens is 456 g/mol. The zero-order chi connectivity index (χ0) is 25.0. The molecule has 1 spiro atoms. The number of ether oxygens (including phenoxy) is 1. The quantitative estimate of drug-likeness (QED) is 0.381. The Morgan fingerprint density at radius 1 is 1.03 bits per heavy atom. The molecule has 0 aromatic heterocycles. The predicted molar refractivity (Wildman–Crippen MR) is 127 cm³/mol. The van der Waals surface area contributed by atoms with Crippen LogP contribution >= 0.6 is 0 Å². The van der Waals surface area contributed by atoms with E-state index in [0.717, 1.165) is 59.2 Å². The summed E-state index contributed by atoms with van der Waals surface area (Å²) >= 11 is 0. The molecule has 1 N–H and O–H groups in total. The highest BCUT2D eigenvalue weighted by atomic mass is 19.4. The molecule has 3 aromatic rings. The lowest BCUT2D eigenvalue weighted by Gasteiger charge is -2.47. The highest BCUT2D eigenvalue weighted by Crippen LogP contribution is 2.53. The first kappa shape index (κ1) is 23.9. The number of aliphatic hydroxyl groups is 1. The maximum atomic E-state index is 13.8. The number of rotatable bonds is 4. The molecule has 1 saturated carbocycles. The molecule has 0 unspecified atom stereocenters. The minimum atomic E-state index is -4.40. The molecule has 0 amide bonds. The van der Waals surface area contributed by atoms with Gasteiger partial charge in [0.05, 0.1) is 11.7 Å². The summed E-state index contributed by atoms with van der Waals surface area (Å²) in [5.41, 5.74) is 3.83. The van der Waals surface area contributed by atoms with Crippen molar-refractivity contribution in [1.29, 1.82) is 0 Å². The van der Waals surface area contributed by atoms with Crippen molar-refractivity contribution >= 4 is 0 Å². The van der Waals surface area contributed by atoms with E-state index in [1.165, 1.54) is 24.3 Å². The van der Waals surface area contributed by atoms with E-state index in [0.29, 0.717) is 24.2 Å². The van der Waals surface area contributed by atoms with Crippen LogP contribution < -0.4 is 4.74 Å². The van der Waals surface area contributed by atoms with Crippen molar-refractivity contribution in [3.63, 3.8) is 0 Å². The number of benzene rings is 3. The predicted octanol–water partition coefficient (Wildman–Crippen LogP) is 7.96. The van der Waals surface area contributed by atoms with Crippen LogP contribution in [-0.4, -0.2) is 10.7 Å². The van der Waals surface area contributed by atoms with Crippen molar-refractivity contribution in [2.24, 2.45) is 0 Å². The smallest absolute Gasteiger partial charge is 0.416 e. The Morgan fingerprint density at radius 3 is 2.23 bits per heavy atom.